The van der Waals surface area contributed by atoms with Crippen LogP contribution in [-0.4, -0.2) is 79.2 Å². The third kappa shape index (κ3) is 4.19. The lowest BCUT2D eigenvalue weighted by Crippen LogP contribution is -2.53. The number of nitrogens with one attached hydrogen (secondary N) is 1. The molecule has 0 saturated carbocycles. The van der Waals surface area contributed by atoms with E-state index in [1.54, 1.807) is 18.2 Å². The van der Waals surface area contributed by atoms with Gasteiger partial charge in [-0.15, -0.1) is 0 Å². The minimum atomic E-state index is -0.0765. The Morgan fingerprint density at radius 1 is 1.08 bits per heavy atom. The van der Waals surface area contributed by atoms with Crippen molar-refractivity contribution >= 4 is 17.6 Å². The van der Waals surface area contributed by atoms with Crippen LogP contribution >= 0.6 is 0 Å². The molecule has 26 heavy (non-hydrogen) atoms. The molecule has 0 atom stereocenters. The Kier molecular flexibility index (Phi) is 5.82. The molecule has 1 fully saturated rings. The van der Waals surface area contributed by atoms with E-state index >= 15 is 0 Å². The van der Waals surface area contributed by atoms with E-state index in [2.05, 4.69) is 10.2 Å². The van der Waals surface area contributed by atoms with Crippen LogP contribution in [-0.2, 0) is 4.79 Å². The Labute approximate surface area is 153 Å². The second kappa shape index (κ2) is 8.27. The first-order chi connectivity index (χ1) is 12.6. The zero-order valence-electron chi connectivity index (χ0n) is 15.4. The third-order valence-corrected chi connectivity index (χ3v) is 4.70. The first kappa shape index (κ1) is 18.3. The molecule has 2 aliphatic heterocycles. The van der Waals surface area contributed by atoms with Crippen LogP contribution in [0.3, 0.4) is 0 Å². The Balaban J connectivity index is 1.45. The van der Waals surface area contributed by atoms with Gasteiger partial charge in [0.2, 0.25) is 12.7 Å². The molecule has 1 N–H and O–H groups in total. The molecule has 0 radical (unpaired) electrons. The van der Waals surface area contributed by atoms with Crippen molar-refractivity contribution in [2.75, 3.05) is 57.9 Å². The molecular formula is C18H26N4O4. The summed E-state index contributed by atoms with van der Waals surface area (Å²) in [4.78, 5) is 30.4. The normalized spacial score (nSPS) is 16.5. The highest BCUT2D eigenvalue weighted by Crippen LogP contribution is 2.34. The number of piperazine rings is 1. The van der Waals surface area contributed by atoms with Crippen LogP contribution in [0.25, 0.3) is 0 Å². The number of benzene rings is 1. The summed E-state index contributed by atoms with van der Waals surface area (Å²) in [6.45, 7) is 8.60. The molecule has 2 aliphatic rings. The number of amides is 3. The van der Waals surface area contributed by atoms with Gasteiger partial charge in [0, 0.05) is 51.0 Å². The monoisotopic (exact) mass is 362 g/mol. The zero-order valence-corrected chi connectivity index (χ0v) is 15.4. The maximum absolute atomic E-state index is 12.4. The standard InChI is InChI=1S/C18H26N4O4/c1-3-21(4-2)18(24)22-9-7-20(8-10-22)12-17(23)19-14-5-6-15-16(11-14)26-13-25-15/h5-6,11H,3-4,7-10,12-13H2,1-2H3,(H,19,23). The Morgan fingerprint density at radius 3 is 2.46 bits per heavy atom. The zero-order chi connectivity index (χ0) is 18.5. The van der Waals surface area contributed by atoms with Gasteiger partial charge in [-0.1, -0.05) is 0 Å². The van der Waals surface area contributed by atoms with Crippen molar-refractivity contribution in [3.63, 3.8) is 0 Å². The van der Waals surface area contributed by atoms with Crippen LogP contribution in [0.5, 0.6) is 11.5 Å². The fourth-order valence-corrected chi connectivity index (χ4v) is 3.17. The predicted octanol–water partition coefficient (Wildman–Crippen LogP) is 1.43. The van der Waals surface area contributed by atoms with Gasteiger partial charge in [-0.2, -0.15) is 0 Å². The quantitative estimate of drug-likeness (QED) is 0.858. The number of nitrogens with zero attached hydrogens (tertiary/aromatic N) is 3. The van der Waals surface area contributed by atoms with E-state index in [-0.39, 0.29) is 18.7 Å². The molecule has 3 amide bonds. The second-order valence-electron chi connectivity index (χ2n) is 6.33. The van der Waals surface area contributed by atoms with Crippen molar-refractivity contribution in [2.45, 2.75) is 13.8 Å². The number of hydrogen-bond donors (Lipinski definition) is 1. The molecule has 0 aromatic heterocycles. The van der Waals surface area contributed by atoms with Crippen LogP contribution in [0.4, 0.5) is 10.5 Å². The third-order valence-electron chi connectivity index (χ3n) is 4.70. The number of carbonyl (C=O) groups is 2. The largest absolute Gasteiger partial charge is 0.454 e. The molecule has 0 spiro atoms. The summed E-state index contributed by atoms with van der Waals surface area (Å²) in [5.41, 5.74) is 0.689. The van der Waals surface area contributed by atoms with Gasteiger partial charge in [0.05, 0.1) is 6.54 Å². The lowest BCUT2D eigenvalue weighted by molar-refractivity contribution is -0.117. The predicted molar refractivity (Wildman–Crippen MR) is 97.5 cm³/mol. The highest BCUT2D eigenvalue weighted by Gasteiger charge is 2.25. The van der Waals surface area contributed by atoms with E-state index in [0.717, 1.165) is 0 Å². The molecule has 8 heteroatoms. The molecule has 1 aromatic rings. The number of ether oxygens (including phenoxy) is 2. The van der Waals surface area contributed by atoms with Gasteiger partial charge in [0.15, 0.2) is 11.5 Å². The minimum Gasteiger partial charge on any atom is -0.454 e. The number of carbonyl (C=O) groups excluding carboxylic acids is 2. The fraction of sp³-hybridized carbons (Fsp3) is 0.556. The SMILES string of the molecule is CCN(CC)C(=O)N1CCN(CC(=O)Nc2ccc3c(c2)OCO3)CC1. The molecule has 142 valence electrons. The molecule has 2 heterocycles. The first-order valence-corrected chi connectivity index (χ1v) is 9.06. The summed E-state index contributed by atoms with van der Waals surface area (Å²) < 4.78 is 10.6. The van der Waals surface area contributed by atoms with E-state index in [1.807, 2.05) is 23.6 Å². The van der Waals surface area contributed by atoms with Gasteiger partial charge in [-0.05, 0) is 26.0 Å². The maximum Gasteiger partial charge on any atom is 0.320 e. The van der Waals surface area contributed by atoms with Gasteiger partial charge in [-0.25, -0.2) is 4.79 Å². The van der Waals surface area contributed by atoms with Crippen LogP contribution in [0.2, 0.25) is 0 Å². The number of anilines is 1. The van der Waals surface area contributed by atoms with E-state index in [4.69, 9.17) is 9.47 Å². The van der Waals surface area contributed by atoms with Crippen molar-refractivity contribution in [1.82, 2.24) is 14.7 Å². The highest BCUT2D eigenvalue weighted by atomic mass is 16.7. The summed E-state index contributed by atoms with van der Waals surface area (Å²) >= 11 is 0. The molecule has 3 rings (SSSR count). The number of urea groups is 1. The molecule has 0 aliphatic carbocycles. The summed E-state index contributed by atoms with van der Waals surface area (Å²) in [5.74, 6) is 1.26. The van der Waals surface area contributed by atoms with E-state index < -0.39 is 0 Å². The fourth-order valence-electron chi connectivity index (χ4n) is 3.17. The summed E-state index contributed by atoms with van der Waals surface area (Å²) in [5, 5.41) is 2.88. The second-order valence-corrected chi connectivity index (χ2v) is 6.33. The molecule has 0 unspecified atom stereocenters. The van der Waals surface area contributed by atoms with Crippen LogP contribution < -0.4 is 14.8 Å². The highest BCUT2D eigenvalue weighted by molar-refractivity contribution is 5.92. The Bertz CT molecular complexity index is 655. The van der Waals surface area contributed by atoms with Gasteiger partial charge in [0.1, 0.15) is 0 Å². The summed E-state index contributed by atoms with van der Waals surface area (Å²) in [7, 11) is 0. The van der Waals surface area contributed by atoms with Crippen LogP contribution in [0.15, 0.2) is 18.2 Å². The van der Waals surface area contributed by atoms with Gasteiger partial charge < -0.3 is 24.6 Å². The topological polar surface area (TPSA) is 74.4 Å². The van der Waals surface area contributed by atoms with E-state index in [1.165, 1.54) is 0 Å². The maximum atomic E-state index is 12.4. The average molecular weight is 362 g/mol. The smallest absolute Gasteiger partial charge is 0.320 e. The lowest BCUT2D eigenvalue weighted by Gasteiger charge is -2.36. The summed E-state index contributed by atoms with van der Waals surface area (Å²) in [6, 6.07) is 5.43. The Hall–Kier alpha value is -2.48. The lowest BCUT2D eigenvalue weighted by atomic mass is 10.2. The average Bonchev–Trinajstić information content (AvgIpc) is 3.11. The summed E-state index contributed by atoms with van der Waals surface area (Å²) in [6.07, 6.45) is 0. The first-order valence-electron chi connectivity index (χ1n) is 9.06. The van der Waals surface area contributed by atoms with Crippen molar-refractivity contribution < 1.29 is 19.1 Å². The molecule has 8 nitrogen and oxygen atoms in total. The van der Waals surface area contributed by atoms with Crippen molar-refractivity contribution in [3.05, 3.63) is 18.2 Å². The van der Waals surface area contributed by atoms with Gasteiger partial charge >= 0.3 is 6.03 Å². The van der Waals surface area contributed by atoms with Crippen LogP contribution in [0.1, 0.15) is 13.8 Å². The van der Waals surface area contributed by atoms with Crippen LogP contribution in [0, 0.1) is 0 Å². The van der Waals surface area contributed by atoms with Crippen molar-refractivity contribution in [3.8, 4) is 11.5 Å². The van der Waals surface area contributed by atoms with Crippen molar-refractivity contribution in [2.24, 2.45) is 0 Å². The molecule has 1 saturated heterocycles. The van der Waals surface area contributed by atoms with Gasteiger partial charge in [-0.3, -0.25) is 9.69 Å². The van der Waals surface area contributed by atoms with Gasteiger partial charge in [0.25, 0.3) is 0 Å². The molecule has 0 bridgehead atoms. The minimum absolute atomic E-state index is 0.0765. The van der Waals surface area contributed by atoms with Crippen molar-refractivity contribution in [1.29, 1.82) is 0 Å². The molecular weight excluding hydrogens is 336 g/mol. The molecule has 1 aromatic carbocycles. The number of fused-ring (bicyclic) bond motifs is 1. The Morgan fingerprint density at radius 2 is 1.77 bits per heavy atom. The van der Waals surface area contributed by atoms with E-state index in [9.17, 15) is 9.59 Å². The number of hydrogen-bond acceptors (Lipinski definition) is 5. The van der Waals surface area contributed by atoms with E-state index in [0.29, 0.717) is 63.0 Å². The number of rotatable bonds is 5.